The molecule has 1 rings (SSSR count). The average molecular weight is 212 g/mol. The molecule has 0 N–H and O–H groups in total. The SMILES string of the molecule is C1CCCCCCON=NCCCCC1. The first-order valence-electron chi connectivity index (χ1n) is 6.49. The molecule has 0 saturated carbocycles. The van der Waals surface area contributed by atoms with Crippen molar-refractivity contribution in [2.24, 2.45) is 10.4 Å². The van der Waals surface area contributed by atoms with E-state index >= 15 is 0 Å². The predicted octanol–water partition coefficient (Wildman–Crippen LogP) is 4.28. The minimum absolute atomic E-state index is 0.740. The summed E-state index contributed by atoms with van der Waals surface area (Å²) in [6, 6.07) is 0. The summed E-state index contributed by atoms with van der Waals surface area (Å²) in [5.41, 5.74) is 0. The number of nitrogens with zero attached hydrogens (tertiary/aromatic N) is 2. The maximum Gasteiger partial charge on any atom is 0.119 e. The van der Waals surface area contributed by atoms with Gasteiger partial charge in [0.05, 0.1) is 6.54 Å². The molecule has 0 bridgehead atoms. The van der Waals surface area contributed by atoms with E-state index in [0.717, 1.165) is 26.0 Å². The Labute approximate surface area is 93.3 Å². The van der Waals surface area contributed by atoms with Crippen molar-refractivity contribution in [3.63, 3.8) is 0 Å². The van der Waals surface area contributed by atoms with Gasteiger partial charge in [0.15, 0.2) is 0 Å². The van der Waals surface area contributed by atoms with Crippen LogP contribution in [-0.4, -0.2) is 13.2 Å². The Bertz CT molecular complexity index is 144. The zero-order chi connectivity index (χ0) is 10.6. The number of hydrogen-bond acceptors (Lipinski definition) is 3. The number of rotatable bonds is 0. The third-order valence-electron chi connectivity index (χ3n) is 2.86. The summed E-state index contributed by atoms with van der Waals surface area (Å²) in [4.78, 5) is 5.07. The van der Waals surface area contributed by atoms with E-state index in [1.165, 1.54) is 51.4 Å². The number of hydrogen-bond donors (Lipinski definition) is 0. The van der Waals surface area contributed by atoms with Crippen LogP contribution in [0.25, 0.3) is 0 Å². The molecule has 3 heteroatoms. The van der Waals surface area contributed by atoms with Gasteiger partial charge in [0.1, 0.15) is 6.61 Å². The summed E-state index contributed by atoms with van der Waals surface area (Å²) in [5, 5.41) is 7.69. The maximum absolute atomic E-state index is 5.07. The maximum atomic E-state index is 5.07. The molecule has 1 aliphatic heterocycles. The molecule has 0 fully saturated rings. The Kier molecular flexibility index (Phi) is 8.26. The molecule has 15 heavy (non-hydrogen) atoms. The molecular weight excluding hydrogens is 188 g/mol. The van der Waals surface area contributed by atoms with Crippen molar-refractivity contribution in [3.8, 4) is 0 Å². The molecule has 0 amide bonds. The van der Waals surface area contributed by atoms with Crippen molar-refractivity contribution in [2.75, 3.05) is 13.2 Å². The lowest BCUT2D eigenvalue weighted by molar-refractivity contribution is 0.118. The lowest BCUT2D eigenvalue weighted by Gasteiger charge is -2.01. The van der Waals surface area contributed by atoms with E-state index in [0.29, 0.717) is 0 Å². The van der Waals surface area contributed by atoms with Gasteiger partial charge in [-0.25, -0.2) is 0 Å². The van der Waals surface area contributed by atoms with E-state index in [1.807, 2.05) is 0 Å². The van der Waals surface area contributed by atoms with Crippen LogP contribution in [0.3, 0.4) is 0 Å². The van der Waals surface area contributed by atoms with Gasteiger partial charge >= 0.3 is 0 Å². The molecule has 0 atom stereocenters. The summed E-state index contributed by atoms with van der Waals surface area (Å²) < 4.78 is 0. The Morgan fingerprint density at radius 3 is 1.80 bits per heavy atom. The topological polar surface area (TPSA) is 34.0 Å². The normalized spacial score (nSPS) is 22.4. The molecular formula is C12H24N2O. The minimum Gasteiger partial charge on any atom is -0.380 e. The van der Waals surface area contributed by atoms with Crippen molar-refractivity contribution in [1.29, 1.82) is 0 Å². The van der Waals surface area contributed by atoms with Crippen molar-refractivity contribution in [3.05, 3.63) is 0 Å². The zero-order valence-corrected chi connectivity index (χ0v) is 9.79. The Balaban J connectivity index is 2.08. The van der Waals surface area contributed by atoms with Gasteiger partial charge in [-0.05, 0) is 19.3 Å². The van der Waals surface area contributed by atoms with E-state index in [-0.39, 0.29) is 0 Å². The van der Waals surface area contributed by atoms with Crippen LogP contribution in [0.15, 0.2) is 10.4 Å². The molecule has 0 aromatic heterocycles. The van der Waals surface area contributed by atoms with E-state index < -0.39 is 0 Å². The molecule has 0 aromatic carbocycles. The smallest absolute Gasteiger partial charge is 0.119 e. The first kappa shape index (κ1) is 12.5. The molecule has 1 aliphatic rings. The van der Waals surface area contributed by atoms with Gasteiger partial charge in [-0.3, -0.25) is 0 Å². The van der Waals surface area contributed by atoms with Gasteiger partial charge in [0.25, 0.3) is 0 Å². The Morgan fingerprint density at radius 2 is 1.13 bits per heavy atom. The predicted molar refractivity (Wildman–Crippen MR) is 61.8 cm³/mol. The van der Waals surface area contributed by atoms with Crippen LogP contribution in [0.5, 0.6) is 0 Å². The average Bonchev–Trinajstić information content (AvgIpc) is 2.27. The molecule has 0 radical (unpaired) electrons. The highest BCUT2D eigenvalue weighted by atomic mass is 16.6. The van der Waals surface area contributed by atoms with Gasteiger partial charge in [-0.15, -0.1) is 0 Å². The highest BCUT2D eigenvalue weighted by Crippen LogP contribution is 2.11. The summed E-state index contributed by atoms with van der Waals surface area (Å²) in [7, 11) is 0. The molecule has 0 unspecified atom stereocenters. The van der Waals surface area contributed by atoms with Crippen molar-refractivity contribution >= 4 is 0 Å². The first-order chi connectivity index (χ1) is 7.50. The second-order valence-electron chi connectivity index (χ2n) is 4.32. The van der Waals surface area contributed by atoms with Crippen LogP contribution in [0.4, 0.5) is 0 Å². The second kappa shape index (κ2) is 9.94. The lowest BCUT2D eigenvalue weighted by atomic mass is 10.1. The Hall–Kier alpha value is -0.600. The van der Waals surface area contributed by atoms with Crippen LogP contribution in [0, 0.1) is 0 Å². The van der Waals surface area contributed by atoms with Crippen molar-refractivity contribution in [2.45, 2.75) is 64.2 Å². The zero-order valence-electron chi connectivity index (χ0n) is 9.79. The Morgan fingerprint density at radius 1 is 0.600 bits per heavy atom. The molecule has 0 aliphatic carbocycles. The fourth-order valence-corrected chi connectivity index (χ4v) is 1.89. The quantitative estimate of drug-likeness (QED) is 0.590. The highest BCUT2D eigenvalue weighted by molar-refractivity contribution is 4.49. The van der Waals surface area contributed by atoms with Gasteiger partial charge in [-0.2, -0.15) is 5.11 Å². The van der Waals surface area contributed by atoms with Crippen LogP contribution in [-0.2, 0) is 4.84 Å². The fourth-order valence-electron chi connectivity index (χ4n) is 1.89. The van der Waals surface area contributed by atoms with Crippen LogP contribution in [0.2, 0.25) is 0 Å². The summed E-state index contributed by atoms with van der Waals surface area (Å²) in [5.74, 6) is 0. The minimum atomic E-state index is 0.740. The van der Waals surface area contributed by atoms with Crippen LogP contribution >= 0.6 is 0 Å². The third kappa shape index (κ3) is 8.40. The van der Waals surface area contributed by atoms with Gasteiger partial charge in [0.2, 0.25) is 0 Å². The van der Waals surface area contributed by atoms with Gasteiger partial charge in [0, 0.05) is 5.28 Å². The molecule has 0 saturated heterocycles. The third-order valence-corrected chi connectivity index (χ3v) is 2.86. The van der Waals surface area contributed by atoms with Crippen molar-refractivity contribution < 1.29 is 4.84 Å². The summed E-state index contributed by atoms with van der Waals surface area (Å²) in [6.45, 7) is 1.57. The molecule has 1 heterocycles. The van der Waals surface area contributed by atoms with E-state index in [9.17, 15) is 0 Å². The van der Waals surface area contributed by atoms with Crippen LogP contribution < -0.4 is 0 Å². The van der Waals surface area contributed by atoms with Gasteiger partial charge in [-0.1, -0.05) is 44.9 Å². The first-order valence-corrected chi connectivity index (χ1v) is 6.49. The molecule has 88 valence electrons. The fraction of sp³-hybridized carbons (Fsp3) is 1.00. The van der Waals surface area contributed by atoms with Crippen LogP contribution in [0.1, 0.15) is 64.2 Å². The molecule has 3 nitrogen and oxygen atoms in total. The van der Waals surface area contributed by atoms with E-state index in [4.69, 9.17) is 4.84 Å². The standard InChI is InChI=1S/C12H24N2O/c1-2-4-6-8-10-12-15-14-13-11-9-7-5-3-1/h1-12H2. The second-order valence-corrected chi connectivity index (χ2v) is 4.32. The lowest BCUT2D eigenvalue weighted by Crippen LogP contribution is -1.88. The largest absolute Gasteiger partial charge is 0.380 e. The highest BCUT2D eigenvalue weighted by Gasteiger charge is 1.94. The molecule has 0 spiro atoms. The van der Waals surface area contributed by atoms with E-state index in [2.05, 4.69) is 10.4 Å². The molecule has 0 aromatic rings. The monoisotopic (exact) mass is 212 g/mol. The van der Waals surface area contributed by atoms with Crippen molar-refractivity contribution in [1.82, 2.24) is 0 Å². The summed E-state index contributed by atoms with van der Waals surface area (Å²) in [6.07, 6.45) is 13.2. The van der Waals surface area contributed by atoms with E-state index in [1.54, 1.807) is 0 Å². The summed E-state index contributed by atoms with van der Waals surface area (Å²) >= 11 is 0. The van der Waals surface area contributed by atoms with Gasteiger partial charge < -0.3 is 4.84 Å².